The van der Waals surface area contributed by atoms with E-state index in [2.05, 4.69) is 19.3 Å². The number of fused-ring (bicyclic) bond motifs is 1. The van der Waals surface area contributed by atoms with Gasteiger partial charge in [0.2, 0.25) is 0 Å². The number of hydrazine groups is 1. The Morgan fingerprint density at radius 1 is 1.43 bits per heavy atom. The highest BCUT2D eigenvalue weighted by atomic mass is 32.1. The number of thiophene rings is 1. The predicted octanol–water partition coefficient (Wildman–Crippen LogP) is 3.46. The third kappa shape index (κ3) is 3.81. The van der Waals surface area contributed by atoms with Crippen molar-refractivity contribution in [3.05, 3.63) is 34.7 Å². The lowest BCUT2D eigenvalue weighted by atomic mass is 10.1. The van der Waals surface area contributed by atoms with Crippen LogP contribution in [0.4, 0.5) is 0 Å². The largest absolute Gasteiger partial charge is 0.376 e. The van der Waals surface area contributed by atoms with Crippen molar-refractivity contribution in [2.45, 2.75) is 33.3 Å². The maximum atomic E-state index is 11.9. The molecule has 4 nitrogen and oxygen atoms in total. The van der Waals surface area contributed by atoms with Crippen LogP contribution in [0.15, 0.2) is 24.3 Å². The van der Waals surface area contributed by atoms with Crippen molar-refractivity contribution in [1.29, 1.82) is 0 Å². The highest BCUT2D eigenvalue weighted by Crippen LogP contribution is 2.31. The van der Waals surface area contributed by atoms with Crippen LogP contribution >= 0.6 is 11.3 Å². The lowest BCUT2D eigenvalue weighted by Crippen LogP contribution is -2.30. The zero-order chi connectivity index (χ0) is 15.2. The number of amides is 1. The molecule has 2 rings (SSSR count). The van der Waals surface area contributed by atoms with Gasteiger partial charge in [0.15, 0.2) is 0 Å². The normalized spacial score (nSPS) is 12.5. The molecule has 1 aromatic carbocycles. The number of hydrogen-bond acceptors (Lipinski definition) is 4. The van der Waals surface area contributed by atoms with Gasteiger partial charge in [0.05, 0.1) is 11.5 Å². The molecule has 1 amide bonds. The number of rotatable bonds is 7. The van der Waals surface area contributed by atoms with Crippen molar-refractivity contribution in [2.75, 3.05) is 6.61 Å². The average molecular weight is 306 g/mol. The summed E-state index contributed by atoms with van der Waals surface area (Å²) in [6.07, 6.45) is 2.31. The Bertz CT molecular complexity index is 609. The van der Waals surface area contributed by atoms with Gasteiger partial charge in [-0.05, 0) is 23.8 Å². The van der Waals surface area contributed by atoms with Gasteiger partial charge in [0.25, 0.3) is 5.91 Å². The van der Waals surface area contributed by atoms with Crippen molar-refractivity contribution in [3.63, 3.8) is 0 Å². The second-order valence-corrected chi connectivity index (χ2v) is 6.34. The van der Waals surface area contributed by atoms with Crippen LogP contribution < -0.4 is 11.3 Å². The first-order valence-corrected chi connectivity index (χ1v) is 8.08. The summed E-state index contributed by atoms with van der Waals surface area (Å²) in [5.74, 6) is 5.56. The maximum Gasteiger partial charge on any atom is 0.275 e. The van der Waals surface area contributed by atoms with E-state index in [-0.39, 0.29) is 5.91 Å². The quantitative estimate of drug-likeness (QED) is 0.468. The Kier molecular flexibility index (Phi) is 5.73. The van der Waals surface area contributed by atoms with Gasteiger partial charge in [-0.3, -0.25) is 10.2 Å². The summed E-state index contributed by atoms with van der Waals surface area (Å²) >= 11 is 1.45. The standard InChI is InChI=1S/C16H22N2O2S/c1-3-6-11(2)9-20-10-13-12-7-4-5-8-14(12)21-15(13)16(19)18-17/h4-5,7-8,11H,3,6,9-10,17H2,1-2H3,(H,18,19). The summed E-state index contributed by atoms with van der Waals surface area (Å²) in [6, 6.07) is 7.98. The molecule has 0 spiro atoms. The highest BCUT2D eigenvalue weighted by Gasteiger charge is 2.17. The molecular weight excluding hydrogens is 284 g/mol. The first-order chi connectivity index (χ1) is 10.2. The lowest BCUT2D eigenvalue weighted by Gasteiger charge is -2.11. The second-order valence-electron chi connectivity index (χ2n) is 5.29. The molecule has 21 heavy (non-hydrogen) atoms. The highest BCUT2D eigenvalue weighted by molar-refractivity contribution is 7.21. The lowest BCUT2D eigenvalue weighted by molar-refractivity contribution is 0.0870. The number of nitrogens with one attached hydrogen (secondary N) is 1. The molecule has 0 saturated carbocycles. The fourth-order valence-corrected chi connectivity index (χ4v) is 3.54. The van der Waals surface area contributed by atoms with E-state index in [0.717, 1.165) is 28.5 Å². The van der Waals surface area contributed by atoms with Crippen molar-refractivity contribution in [1.82, 2.24) is 5.43 Å². The zero-order valence-electron chi connectivity index (χ0n) is 12.5. The number of carbonyl (C=O) groups is 1. The van der Waals surface area contributed by atoms with E-state index in [9.17, 15) is 4.79 Å². The number of carbonyl (C=O) groups excluding carboxylic acids is 1. The van der Waals surface area contributed by atoms with Gasteiger partial charge in [0, 0.05) is 16.9 Å². The van der Waals surface area contributed by atoms with Crippen molar-refractivity contribution in [3.8, 4) is 0 Å². The molecule has 3 N–H and O–H groups in total. The Morgan fingerprint density at radius 3 is 2.90 bits per heavy atom. The summed E-state index contributed by atoms with van der Waals surface area (Å²) in [6.45, 7) is 5.51. The number of nitrogen functional groups attached to an aromatic ring is 1. The summed E-state index contributed by atoms with van der Waals surface area (Å²) in [4.78, 5) is 12.6. The van der Waals surface area contributed by atoms with E-state index in [0.29, 0.717) is 24.0 Å². The fraction of sp³-hybridized carbons (Fsp3) is 0.438. The van der Waals surface area contributed by atoms with Gasteiger partial charge in [-0.15, -0.1) is 11.3 Å². The van der Waals surface area contributed by atoms with Crippen LogP contribution in [0.3, 0.4) is 0 Å². The SMILES string of the molecule is CCCC(C)COCc1c(C(=O)NN)sc2ccccc12. The van der Waals surface area contributed by atoms with Gasteiger partial charge >= 0.3 is 0 Å². The minimum absolute atomic E-state index is 0.253. The molecule has 0 aliphatic heterocycles. The van der Waals surface area contributed by atoms with E-state index < -0.39 is 0 Å². The van der Waals surface area contributed by atoms with Gasteiger partial charge in [-0.25, -0.2) is 5.84 Å². The molecule has 0 aliphatic carbocycles. The van der Waals surface area contributed by atoms with Crippen LogP contribution in [0.2, 0.25) is 0 Å². The number of hydrogen-bond donors (Lipinski definition) is 2. The Morgan fingerprint density at radius 2 is 2.19 bits per heavy atom. The molecule has 1 atom stereocenters. The van der Waals surface area contributed by atoms with E-state index in [1.54, 1.807) is 0 Å². The van der Waals surface area contributed by atoms with Gasteiger partial charge in [-0.1, -0.05) is 38.5 Å². The molecule has 5 heteroatoms. The minimum atomic E-state index is -0.253. The first kappa shape index (κ1) is 15.9. The smallest absolute Gasteiger partial charge is 0.275 e. The van der Waals surface area contributed by atoms with E-state index in [4.69, 9.17) is 10.6 Å². The van der Waals surface area contributed by atoms with Gasteiger partial charge in [0.1, 0.15) is 0 Å². The van der Waals surface area contributed by atoms with Crippen molar-refractivity contribution < 1.29 is 9.53 Å². The molecule has 0 radical (unpaired) electrons. The zero-order valence-corrected chi connectivity index (χ0v) is 13.3. The second kappa shape index (κ2) is 7.54. The van der Waals surface area contributed by atoms with Crippen LogP contribution in [-0.4, -0.2) is 12.5 Å². The van der Waals surface area contributed by atoms with E-state index in [1.807, 2.05) is 24.3 Å². The molecule has 0 saturated heterocycles. The van der Waals surface area contributed by atoms with Gasteiger partial charge in [-0.2, -0.15) is 0 Å². The van der Waals surface area contributed by atoms with Crippen LogP contribution in [0.5, 0.6) is 0 Å². The topological polar surface area (TPSA) is 64.3 Å². The molecule has 2 aromatic rings. The number of nitrogens with two attached hydrogens (primary N) is 1. The molecule has 1 unspecified atom stereocenters. The maximum absolute atomic E-state index is 11.9. The number of ether oxygens (including phenoxy) is 1. The van der Waals surface area contributed by atoms with Crippen LogP contribution in [-0.2, 0) is 11.3 Å². The average Bonchev–Trinajstić information content (AvgIpc) is 2.86. The molecule has 0 bridgehead atoms. The monoisotopic (exact) mass is 306 g/mol. The third-order valence-corrected chi connectivity index (χ3v) is 4.68. The summed E-state index contributed by atoms with van der Waals surface area (Å²) in [7, 11) is 0. The van der Waals surface area contributed by atoms with Gasteiger partial charge < -0.3 is 4.74 Å². The van der Waals surface area contributed by atoms with Crippen LogP contribution in [0, 0.1) is 5.92 Å². The minimum Gasteiger partial charge on any atom is -0.376 e. The Balaban J connectivity index is 2.18. The first-order valence-electron chi connectivity index (χ1n) is 7.26. The summed E-state index contributed by atoms with van der Waals surface area (Å²) < 4.78 is 6.90. The molecular formula is C16H22N2O2S. The van der Waals surface area contributed by atoms with Crippen LogP contribution in [0.25, 0.3) is 10.1 Å². The molecule has 114 valence electrons. The Hall–Kier alpha value is -1.43. The fourth-order valence-electron chi connectivity index (χ4n) is 2.43. The van der Waals surface area contributed by atoms with Crippen LogP contribution in [0.1, 0.15) is 41.9 Å². The van der Waals surface area contributed by atoms with Crippen molar-refractivity contribution >= 4 is 27.3 Å². The Labute approximate surface area is 129 Å². The van der Waals surface area contributed by atoms with E-state index >= 15 is 0 Å². The molecule has 0 fully saturated rings. The predicted molar refractivity (Wildman–Crippen MR) is 87.2 cm³/mol. The summed E-state index contributed by atoms with van der Waals surface area (Å²) in [5, 5.41) is 1.07. The summed E-state index contributed by atoms with van der Waals surface area (Å²) in [5.41, 5.74) is 3.15. The number of benzene rings is 1. The third-order valence-electron chi connectivity index (χ3n) is 3.47. The van der Waals surface area contributed by atoms with Crippen molar-refractivity contribution in [2.24, 2.45) is 11.8 Å². The van der Waals surface area contributed by atoms with E-state index in [1.165, 1.54) is 11.3 Å². The molecule has 1 heterocycles. The molecule has 1 aromatic heterocycles. The molecule has 0 aliphatic rings.